The summed E-state index contributed by atoms with van der Waals surface area (Å²) < 4.78 is 0. The summed E-state index contributed by atoms with van der Waals surface area (Å²) in [7, 11) is 0. The van der Waals surface area contributed by atoms with Gasteiger partial charge in [0.05, 0.1) is 0 Å². The topological polar surface area (TPSA) is 20.3 Å². The minimum Gasteiger partial charge on any atom is -0.300 e. The number of nitrogens with zero attached hydrogens (tertiary/aromatic N) is 1. The first kappa shape index (κ1) is 12.9. The number of Topliss-reactive ketones (excluding diaryl/α,β-unsaturated/α-hetero) is 1. The largest absolute Gasteiger partial charge is 0.300 e. The maximum absolute atomic E-state index is 11.4. The molecule has 2 unspecified atom stereocenters. The molecule has 2 atom stereocenters. The number of carbonyl (C=O) groups excluding carboxylic acids is 1. The van der Waals surface area contributed by atoms with E-state index < -0.39 is 0 Å². The van der Waals surface area contributed by atoms with Gasteiger partial charge in [-0.15, -0.1) is 0 Å². The van der Waals surface area contributed by atoms with Crippen LogP contribution in [-0.4, -0.2) is 29.8 Å². The average molecular weight is 257 g/mol. The highest BCUT2D eigenvalue weighted by Gasteiger charge is 2.32. The van der Waals surface area contributed by atoms with Crippen molar-refractivity contribution >= 4 is 5.78 Å². The van der Waals surface area contributed by atoms with Crippen LogP contribution in [0.3, 0.4) is 0 Å². The number of hydrogen-bond acceptors (Lipinski definition) is 2. The van der Waals surface area contributed by atoms with Crippen LogP contribution in [0.1, 0.15) is 50.0 Å². The Morgan fingerprint density at radius 3 is 2.37 bits per heavy atom. The van der Waals surface area contributed by atoms with Crippen molar-refractivity contribution < 1.29 is 4.79 Å². The molecule has 102 valence electrons. The fourth-order valence-corrected chi connectivity index (χ4v) is 3.74. The first-order chi connectivity index (χ1) is 9.34. The molecule has 0 spiro atoms. The molecular weight excluding hydrogens is 234 g/mol. The van der Waals surface area contributed by atoms with Gasteiger partial charge in [-0.3, -0.25) is 9.69 Å². The summed E-state index contributed by atoms with van der Waals surface area (Å²) in [5.41, 5.74) is 1.49. The Kier molecular flexibility index (Phi) is 3.97. The van der Waals surface area contributed by atoms with Gasteiger partial charge in [0.1, 0.15) is 5.78 Å². The average Bonchev–Trinajstić information content (AvgIpc) is 2.49. The van der Waals surface area contributed by atoms with Crippen molar-refractivity contribution in [3.63, 3.8) is 0 Å². The van der Waals surface area contributed by atoms with Crippen molar-refractivity contribution in [1.82, 2.24) is 4.90 Å². The highest BCUT2D eigenvalue weighted by molar-refractivity contribution is 5.79. The summed E-state index contributed by atoms with van der Waals surface area (Å²) in [5, 5.41) is 0. The molecule has 0 aromatic heterocycles. The normalized spacial score (nSPS) is 29.4. The molecule has 3 rings (SSSR count). The van der Waals surface area contributed by atoms with Crippen LogP contribution in [0.15, 0.2) is 30.3 Å². The molecule has 0 radical (unpaired) electrons. The second-order valence-corrected chi connectivity index (χ2v) is 5.94. The van der Waals surface area contributed by atoms with Gasteiger partial charge in [0, 0.05) is 32.0 Å². The molecule has 1 aromatic rings. The molecule has 0 N–H and O–H groups in total. The third-order valence-corrected chi connectivity index (χ3v) is 4.78. The molecule has 2 aliphatic rings. The van der Waals surface area contributed by atoms with Crippen LogP contribution in [-0.2, 0) is 4.79 Å². The minimum atomic E-state index is 0.448. The second kappa shape index (κ2) is 5.87. The van der Waals surface area contributed by atoms with Crippen molar-refractivity contribution in [3.05, 3.63) is 35.9 Å². The fraction of sp³-hybridized carbons (Fsp3) is 0.588. The zero-order valence-electron chi connectivity index (χ0n) is 11.6. The van der Waals surface area contributed by atoms with Gasteiger partial charge in [-0.2, -0.15) is 0 Å². The van der Waals surface area contributed by atoms with Gasteiger partial charge in [-0.1, -0.05) is 43.2 Å². The highest BCUT2D eigenvalue weighted by atomic mass is 16.1. The van der Waals surface area contributed by atoms with Crippen LogP contribution < -0.4 is 0 Å². The molecule has 1 heterocycles. The first-order valence-corrected chi connectivity index (χ1v) is 7.65. The van der Waals surface area contributed by atoms with E-state index in [1.54, 1.807) is 0 Å². The Morgan fingerprint density at radius 1 is 0.947 bits per heavy atom. The van der Waals surface area contributed by atoms with Crippen LogP contribution in [0.25, 0.3) is 0 Å². The number of likely N-dealkylation sites (tertiary alicyclic amines) is 1. The van der Waals surface area contributed by atoms with Crippen LogP contribution in [0, 0.1) is 0 Å². The van der Waals surface area contributed by atoms with E-state index in [0.717, 1.165) is 25.9 Å². The van der Waals surface area contributed by atoms with Gasteiger partial charge in [-0.25, -0.2) is 0 Å². The van der Waals surface area contributed by atoms with Crippen molar-refractivity contribution in [2.45, 2.75) is 50.5 Å². The number of rotatable bonds is 2. The maximum Gasteiger partial charge on any atom is 0.135 e. The minimum absolute atomic E-state index is 0.448. The smallest absolute Gasteiger partial charge is 0.135 e. The third-order valence-electron chi connectivity index (χ3n) is 4.78. The number of carbonyl (C=O) groups is 1. The quantitative estimate of drug-likeness (QED) is 0.809. The van der Waals surface area contributed by atoms with Gasteiger partial charge >= 0.3 is 0 Å². The van der Waals surface area contributed by atoms with E-state index in [2.05, 4.69) is 35.2 Å². The molecule has 19 heavy (non-hydrogen) atoms. The lowest BCUT2D eigenvalue weighted by atomic mass is 9.78. The number of ketones is 1. The number of benzene rings is 1. The monoisotopic (exact) mass is 257 g/mol. The van der Waals surface area contributed by atoms with Crippen molar-refractivity contribution in [2.75, 3.05) is 13.1 Å². The summed E-state index contributed by atoms with van der Waals surface area (Å²) in [6.45, 7) is 1.96. The van der Waals surface area contributed by atoms with E-state index in [-0.39, 0.29) is 0 Å². The Labute approximate surface area is 115 Å². The standard InChI is InChI=1S/C17H23NO/c19-15-10-12-18(13-11-15)17-9-5-4-8-16(17)14-6-2-1-3-7-14/h1-3,6-7,16-17H,4-5,8-13H2. The predicted molar refractivity (Wildman–Crippen MR) is 77.3 cm³/mol. The van der Waals surface area contributed by atoms with Gasteiger partial charge < -0.3 is 0 Å². The SMILES string of the molecule is O=C1CCN(C2CCCCC2c2ccccc2)CC1. The zero-order valence-corrected chi connectivity index (χ0v) is 11.6. The van der Waals surface area contributed by atoms with E-state index in [9.17, 15) is 4.79 Å². The van der Waals surface area contributed by atoms with Gasteiger partial charge in [0.2, 0.25) is 0 Å². The van der Waals surface area contributed by atoms with Gasteiger partial charge in [-0.05, 0) is 24.3 Å². The van der Waals surface area contributed by atoms with E-state index in [4.69, 9.17) is 0 Å². The maximum atomic E-state index is 11.4. The predicted octanol–water partition coefficient (Wildman–Crippen LogP) is 3.38. The molecule has 1 saturated carbocycles. The van der Waals surface area contributed by atoms with Crippen molar-refractivity contribution in [3.8, 4) is 0 Å². The molecule has 1 aromatic carbocycles. The lowest BCUT2D eigenvalue weighted by Crippen LogP contribution is -2.45. The van der Waals surface area contributed by atoms with E-state index in [0.29, 0.717) is 17.7 Å². The Hall–Kier alpha value is -1.15. The summed E-state index contributed by atoms with van der Waals surface area (Å²) in [6.07, 6.45) is 6.82. The van der Waals surface area contributed by atoms with Crippen LogP contribution in [0.5, 0.6) is 0 Å². The summed E-state index contributed by atoms with van der Waals surface area (Å²) in [4.78, 5) is 14.0. The van der Waals surface area contributed by atoms with Gasteiger partial charge in [0.15, 0.2) is 0 Å². The molecule has 2 nitrogen and oxygen atoms in total. The zero-order chi connectivity index (χ0) is 13.1. The van der Waals surface area contributed by atoms with E-state index >= 15 is 0 Å². The molecule has 2 heteroatoms. The first-order valence-electron chi connectivity index (χ1n) is 7.65. The molecular formula is C17H23NO. The summed E-state index contributed by atoms with van der Waals surface area (Å²) >= 11 is 0. The number of piperidine rings is 1. The lowest BCUT2D eigenvalue weighted by Gasteiger charge is -2.41. The van der Waals surface area contributed by atoms with E-state index in [1.165, 1.54) is 31.2 Å². The summed E-state index contributed by atoms with van der Waals surface area (Å²) in [6, 6.07) is 11.6. The van der Waals surface area contributed by atoms with Crippen LogP contribution in [0.4, 0.5) is 0 Å². The molecule has 0 amide bonds. The van der Waals surface area contributed by atoms with Crippen LogP contribution in [0.2, 0.25) is 0 Å². The molecule has 2 fully saturated rings. The molecule has 1 saturated heterocycles. The lowest BCUT2D eigenvalue weighted by molar-refractivity contribution is -0.122. The Bertz CT molecular complexity index is 418. The second-order valence-electron chi connectivity index (χ2n) is 5.94. The summed E-state index contributed by atoms with van der Waals surface area (Å²) in [5.74, 6) is 1.12. The fourth-order valence-electron chi connectivity index (χ4n) is 3.74. The van der Waals surface area contributed by atoms with Crippen LogP contribution >= 0.6 is 0 Å². The Balaban J connectivity index is 1.76. The third kappa shape index (κ3) is 2.89. The number of hydrogen-bond donors (Lipinski definition) is 0. The van der Waals surface area contributed by atoms with Gasteiger partial charge in [0.25, 0.3) is 0 Å². The van der Waals surface area contributed by atoms with Crippen molar-refractivity contribution in [1.29, 1.82) is 0 Å². The Morgan fingerprint density at radius 2 is 1.63 bits per heavy atom. The van der Waals surface area contributed by atoms with E-state index in [1.807, 2.05) is 0 Å². The highest BCUT2D eigenvalue weighted by Crippen LogP contribution is 2.36. The molecule has 1 aliphatic carbocycles. The molecule has 1 aliphatic heterocycles. The van der Waals surface area contributed by atoms with Crippen molar-refractivity contribution in [2.24, 2.45) is 0 Å². The molecule has 0 bridgehead atoms.